The topological polar surface area (TPSA) is 34.9 Å². The van der Waals surface area contributed by atoms with Gasteiger partial charge in [0, 0.05) is 20.7 Å². The van der Waals surface area contributed by atoms with E-state index in [4.69, 9.17) is 0 Å². The Balaban J connectivity index is 2.13. The van der Waals surface area contributed by atoms with Crippen LogP contribution in [0, 0.1) is 0 Å². The molecular formula is C16H10Br2N2O. The zero-order chi connectivity index (χ0) is 14.8. The van der Waals surface area contributed by atoms with E-state index in [2.05, 4.69) is 37.0 Å². The van der Waals surface area contributed by atoms with E-state index in [1.54, 1.807) is 10.9 Å². The van der Waals surface area contributed by atoms with Crippen molar-refractivity contribution in [1.29, 1.82) is 0 Å². The molecule has 0 radical (unpaired) electrons. The lowest BCUT2D eigenvalue weighted by Crippen LogP contribution is -1.94. The van der Waals surface area contributed by atoms with E-state index in [1.165, 1.54) is 0 Å². The van der Waals surface area contributed by atoms with Crippen molar-refractivity contribution in [3.8, 4) is 16.9 Å². The Hall–Kier alpha value is -1.72. The summed E-state index contributed by atoms with van der Waals surface area (Å²) in [5.41, 5.74) is 3.03. The van der Waals surface area contributed by atoms with Gasteiger partial charge in [-0.1, -0.05) is 50.1 Å². The van der Waals surface area contributed by atoms with Gasteiger partial charge in [-0.25, -0.2) is 4.68 Å². The molecule has 0 aliphatic rings. The first-order chi connectivity index (χ1) is 10.2. The normalized spacial score (nSPS) is 10.6. The third-order valence-electron chi connectivity index (χ3n) is 3.09. The SMILES string of the molecule is O=Cc1cn(-c2ccc(Br)cc2)nc1-c1ccccc1Br. The van der Waals surface area contributed by atoms with E-state index >= 15 is 0 Å². The van der Waals surface area contributed by atoms with Crippen LogP contribution in [0.15, 0.2) is 63.7 Å². The van der Waals surface area contributed by atoms with Crippen molar-refractivity contribution in [1.82, 2.24) is 9.78 Å². The molecule has 2 aromatic carbocycles. The molecule has 0 aliphatic heterocycles. The fourth-order valence-electron chi connectivity index (χ4n) is 2.06. The van der Waals surface area contributed by atoms with E-state index < -0.39 is 0 Å². The van der Waals surface area contributed by atoms with Crippen LogP contribution in [0.4, 0.5) is 0 Å². The molecule has 1 heterocycles. The molecule has 0 bridgehead atoms. The summed E-state index contributed by atoms with van der Waals surface area (Å²) in [4.78, 5) is 11.3. The number of benzene rings is 2. The second-order valence-electron chi connectivity index (χ2n) is 4.45. The van der Waals surface area contributed by atoms with Crippen LogP contribution in [0.3, 0.4) is 0 Å². The molecule has 0 spiro atoms. The highest BCUT2D eigenvalue weighted by Gasteiger charge is 2.13. The maximum atomic E-state index is 11.3. The summed E-state index contributed by atoms with van der Waals surface area (Å²) in [6.07, 6.45) is 2.57. The van der Waals surface area contributed by atoms with Gasteiger partial charge < -0.3 is 0 Å². The Morgan fingerprint density at radius 1 is 1.00 bits per heavy atom. The Morgan fingerprint density at radius 2 is 1.71 bits per heavy atom. The number of aromatic nitrogens is 2. The van der Waals surface area contributed by atoms with Crippen molar-refractivity contribution < 1.29 is 4.79 Å². The summed E-state index contributed by atoms with van der Waals surface area (Å²) in [7, 11) is 0. The van der Waals surface area contributed by atoms with Crippen LogP contribution in [0.5, 0.6) is 0 Å². The zero-order valence-corrected chi connectivity index (χ0v) is 14.0. The molecule has 104 valence electrons. The van der Waals surface area contributed by atoms with Gasteiger partial charge >= 0.3 is 0 Å². The van der Waals surface area contributed by atoms with Crippen LogP contribution in [-0.4, -0.2) is 16.1 Å². The molecule has 0 fully saturated rings. The lowest BCUT2D eigenvalue weighted by atomic mass is 10.1. The third-order valence-corrected chi connectivity index (χ3v) is 4.31. The lowest BCUT2D eigenvalue weighted by molar-refractivity contribution is 0.112. The molecule has 3 nitrogen and oxygen atoms in total. The molecule has 0 amide bonds. The monoisotopic (exact) mass is 404 g/mol. The summed E-state index contributed by atoms with van der Waals surface area (Å²) >= 11 is 6.91. The van der Waals surface area contributed by atoms with Gasteiger partial charge in [0.2, 0.25) is 0 Å². The van der Waals surface area contributed by atoms with E-state index in [9.17, 15) is 4.79 Å². The standard InChI is InChI=1S/C16H10Br2N2O/c17-12-5-7-13(8-6-12)20-9-11(10-21)16(19-20)14-3-1-2-4-15(14)18/h1-10H. The van der Waals surface area contributed by atoms with E-state index in [0.717, 1.165) is 26.5 Å². The molecule has 3 rings (SSSR count). The molecule has 0 unspecified atom stereocenters. The van der Waals surface area contributed by atoms with E-state index in [1.807, 2.05) is 48.5 Å². The van der Waals surface area contributed by atoms with E-state index in [0.29, 0.717) is 11.3 Å². The molecule has 21 heavy (non-hydrogen) atoms. The van der Waals surface area contributed by atoms with Crippen molar-refractivity contribution in [2.75, 3.05) is 0 Å². The van der Waals surface area contributed by atoms with Crippen LogP contribution in [-0.2, 0) is 0 Å². The van der Waals surface area contributed by atoms with Gasteiger partial charge in [0.1, 0.15) is 5.69 Å². The number of hydrogen-bond acceptors (Lipinski definition) is 2. The summed E-state index contributed by atoms with van der Waals surface area (Å²) in [5.74, 6) is 0. The Labute approximate surface area is 138 Å². The predicted molar refractivity (Wildman–Crippen MR) is 89.8 cm³/mol. The number of nitrogens with zero attached hydrogens (tertiary/aromatic N) is 2. The second kappa shape index (κ2) is 5.95. The van der Waals surface area contributed by atoms with Gasteiger partial charge in [0.25, 0.3) is 0 Å². The van der Waals surface area contributed by atoms with Crippen LogP contribution >= 0.6 is 31.9 Å². The van der Waals surface area contributed by atoms with Crippen molar-refractivity contribution in [2.45, 2.75) is 0 Å². The highest BCUT2D eigenvalue weighted by atomic mass is 79.9. The molecular weight excluding hydrogens is 396 g/mol. The Kier molecular flexibility index (Phi) is 4.03. The smallest absolute Gasteiger partial charge is 0.153 e. The molecule has 0 aliphatic carbocycles. The Bertz CT molecular complexity index is 794. The average molecular weight is 406 g/mol. The number of carbonyl (C=O) groups is 1. The van der Waals surface area contributed by atoms with Gasteiger partial charge in [-0.2, -0.15) is 5.10 Å². The highest BCUT2D eigenvalue weighted by Crippen LogP contribution is 2.29. The van der Waals surface area contributed by atoms with Gasteiger partial charge in [0.05, 0.1) is 11.3 Å². The molecule has 0 N–H and O–H groups in total. The van der Waals surface area contributed by atoms with Crippen molar-refractivity contribution >= 4 is 38.1 Å². The quantitative estimate of drug-likeness (QED) is 0.582. The van der Waals surface area contributed by atoms with Crippen LogP contribution < -0.4 is 0 Å². The van der Waals surface area contributed by atoms with Crippen molar-refractivity contribution in [2.24, 2.45) is 0 Å². The fraction of sp³-hybridized carbons (Fsp3) is 0. The molecule has 0 saturated heterocycles. The Morgan fingerprint density at radius 3 is 2.38 bits per heavy atom. The van der Waals surface area contributed by atoms with Crippen LogP contribution in [0.25, 0.3) is 16.9 Å². The van der Waals surface area contributed by atoms with Crippen LogP contribution in [0.1, 0.15) is 10.4 Å². The average Bonchev–Trinajstić information content (AvgIpc) is 2.92. The molecule has 0 atom stereocenters. The zero-order valence-electron chi connectivity index (χ0n) is 10.8. The number of aldehydes is 1. The summed E-state index contributed by atoms with van der Waals surface area (Å²) in [5, 5.41) is 4.55. The minimum atomic E-state index is 0.560. The largest absolute Gasteiger partial charge is 0.298 e. The summed E-state index contributed by atoms with van der Waals surface area (Å²) < 4.78 is 3.62. The van der Waals surface area contributed by atoms with E-state index in [-0.39, 0.29) is 0 Å². The van der Waals surface area contributed by atoms with Crippen molar-refractivity contribution in [3.63, 3.8) is 0 Å². The number of hydrogen-bond donors (Lipinski definition) is 0. The van der Waals surface area contributed by atoms with Gasteiger partial charge in [-0.05, 0) is 30.3 Å². The fourth-order valence-corrected chi connectivity index (χ4v) is 2.80. The molecule has 3 aromatic rings. The van der Waals surface area contributed by atoms with Gasteiger partial charge in [-0.15, -0.1) is 0 Å². The maximum Gasteiger partial charge on any atom is 0.153 e. The summed E-state index contributed by atoms with van der Waals surface area (Å²) in [6.45, 7) is 0. The third kappa shape index (κ3) is 2.84. The molecule has 0 saturated carbocycles. The lowest BCUT2D eigenvalue weighted by Gasteiger charge is -2.02. The number of halogens is 2. The predicted octanol–water partition coefficient (Wildman–Crippen LogP) is 4.88. The molecule has 1 aromatic heterocycles. The second-order valence-corrected chi connectivity index (χ2v) is 6.22. The summed E-state index contributed by atoms with van der Waals surface area (Å²) in [6, 6.07) is 15.5. The number of carbonyl (C=O) groups excluding carboxylic acids is 1. The van der Waals surface area contributed by atoms with Crippen LogP contribution in [0.2, 0.25) is 0 Å². The van der Waals surface area contributed by atoms with Gasteiger partial charge in [-0.3, -0.25) is 4.79 Å². The first-order valence-electron chi connectivity index (χ1n) is 6.25. The first kappa shape index (κ1) is 14.2. The minimum Gasteiger partial charge on any atom is -0.298 e. The highest BCUT2D eigenvalue weighted by molar-refractivity contribution is 9.10. The van der Waals surface area contributed by atoms with Crippen molar-refractivity contribution in [3.05, 3.63) is 69.2 Å². The van der Waals surface area contributed by atoms with Gasteiger partial charge in [0.15, 0.2) is 6.29 Å². The maximum absolute atomic E-state index is 11.3. The number of rotatable bonds is 3. The minimum absolute atomic E-state index is 0.560. The molecule has 5 heteroatoms. The first-order valence-corrected chi connectivity index (χ1v) is 7.83.